The van der Waals surface area contributed by atoms with Gasteiger partial charge in [-0.15, -0.1) is 11.3 Å². The second-order valence-electron chi connectivity index (χ2n) is 2.61. The lowest BCUT2D eigenvalue weighted by Gasteiger charge is -2.01. The summed E-state index contributed by atoms with van der Waals surface area (Å²) < 4.78 is 2.08. The average molecular weight is 381 g/mol. The van der Waals surface area contributed by atoms with E-state index in [2.05, 4.69) is 61.0 Å². The summed E-state index contributed by atoms with van der Waals surface area (Å²) in [7, 11) is 0. The van der Waals surface area contributed by atoms with Crippen LogP contribution < -0.4 is 5.32 Å². The summed E-state index contributed by atoms with van der Waals surface area (Å²) in [5.74, 6) is 0. The smallest absolute Gasteiger partial charge is 0.188 e. The van der Waals surface area contributed by atoms with Crippen molar-refractivity contribution in [2.75, 3.05) is 5.32 Å². The van der Waals surface area contributed by atoms with E-state index in [-0.39, 0.29) is 0 Å². The summed E-state index contributed by atoms with van der Waals surface area (Å²) in [5, 5.41) is 6.09. The maximum atomic E-state index is 4.26. The van der Waals surface area contributed by atoms with Crippen LogP contribution >= 0.6 is 49.9 Å². The van der Waals surface area contributed by atoms with Crippen LogP contribution in [0.2, 0.25) is 0 Å². The summed E-state index contributed by atoms with van der Waals surface area (Å²) in [5.41, 5.74) is 1.07. The number of hydrogen-bond donors (Lipinski definition) is 1. The summed E-state index contributed by atoms with van der Waals surface area (Å²) >= 11 is 7.18. The van der Waals surface area contributed by atoms with E-state index in [1.807, 2.05) is 17.5 Å². The molecular formula is C9H6BrIN2S. The lowest BCUT2D eigenvalue weighted by molar-refractivity contribution is 1.34. The molecule has 0 aliphatic heterocycles. The second kappa shape index (κ2) is 4.59. The highest BCUT2D eigenvalue weighted by atomic mass is 127. The van der Waals surface area contributed by atoms with Gasteiger partial charge in [-0.2, -0.15) is 0 Å². The van der Waals surface area contributed by atoms with E-state index < -0.39 is 0 Å². The molecule has 0 fully saturated rings. The molecule has 0 aliphatic carbocycles. The third kappa shape index (κ3) is 2.68. The molecule has 1 N–H and O–H groups in total. The first-order valence-electron chi connectivity index (χ1n) is 3.88. The number of benzene rings is 1. The molecule has 1 aromatic carbocycles. The minimum Gasteiger partial charge on any atom is -0.331 e. The highest BCUT2D eigenvalue weighted by molar-refractivity contribution is 14.1. The second-order valence-corrected chi connectivity index (χ2v) is 5.53. The number of rotatable bonds is 2. The topological polar surface area (TPSA) is 24.9 Å². The van der Waals surface area contributed by atoms with Crippen molar-refractivity contribution in [3.63, 3.8) is 0 Å². The van der Waals surface area contributed by atoms with Crippen molar-refractivity contribution in [2.24, 2.45) is 0 Å². The van der Waals surface area contributed by atoms with Crippen LogP contribution in [0.25, 0.3) is 0 Å². The van der Waals surface area contributed by atoms with Crippen molar-refractivity contribution in [1.82, 2.24) is 4.98 Å². The maximum absolute atomic E-state index is 4.26. The molecule has 72 valence electrons. The molecule has 5 heteroatoms. The zero-order chi connectivity index (χ0) is 9.97. The SMILES string of the molecule is Brc1csc(Nc2cccc(I)c2)n1. The summed E-state index contributed by atoms with van der Waals surface area (Å²) in [6.07, 6.45) is 0. The van der Waals surface area contributed by atoms with Gasteiger partial charge in [-0.05, 0) is 56.7 Å². The summed E-state index contributed by atoms with van der Waals surface area (Å²) in [6.45, 7) is 0. The Morgan fingerprint density at radius 1 is 1.43 bits per heavy atom. The van der Waals surface area contributed by atoms with Crippen molar-refractivity contribution in [3.8, 4) is 0 Å². The third-order valence-electron chi connectivity index (χ3n) is 1.55. The highest BCUT2D eigenvalue weighted by Crippen LogP contribution is 2.24. The predicted molar refractivity (Wildman–Crippen MR) is 72.3 cm³/mol. The number of anilines is 2. The molecule has 2 nitrogen and oxygen atoms in total. The van der Waals surface area contributed by atoms with Gasteiger partial charge in [0.05, 0.1) is 0 Å². The Labute approximate surface area is 108 Å². The standard InChI is InChI=1S/C9H6BrIN2S/c10-8-5-14-9(13-8)12-7-3-1-2-6(11)4-7/h1-5H,(H,12,13). The van der Waals surface area contributed by atoms with Gasteiger partial charge >= 0.3 is 0 Å². The quantitative estimate of drug-likeness (QED) is 0.787. The van der Waals surface area contributed by atoms with Crippen molar-refractivity contribution in [1.29, 1.82) is 0 Å². The number of aromatic nitrogens is 1. The number of hydrogen-bond acceptors (Lipinski definition) is 3. The van der Waals surface area contributed by atoms with Gasteiger partial charge in [0.15, 0.2) is 5.13 Å². The molecule has 1 aromatic heterocycles. The lowest BCUT2D eigenvalue weighted by Crippen LogP contribution is -1.88. The van der Waals surface area contributed by atoms with Crippen molar-refractivity contribution >= 4 is 60.7 Å². The first-order chi connectivity index (χ1) is 6.74. The molecule has 0 bridgehead atoms. The summed E-state index contributed by atoms with van der Waals surface area (Å²) in [6, 6.07) is 8.18. The Hall–Kier alpha value is -0.140. The fourth-order valence-corrected chi connectivity index (χ4v) is 2.71. The molecule has 0 radical (unpaired) electrons. The lowest BCUT2D eigenvalue weighted by atomic mass is 10.3. The highest BCUT2D eigenvalue weighted by Gasteiger charge is 1.99. The Morgan fingerprint density at radius 2 is 2.29 bits per heavy atom. The molecule has 0 saturated heterocycles. The van der Waals surface area contributed by atoms with Gasteiger partial charge in [0.1, 0.15) is 4.60 Å². The third-order valence-corrected chi connectivity index (χ3v) is 3.69. The molecule has 0 atom stereocenters. The molecule has 0 amide bonds. The van der Waals surface area contributed by atoms with E-state index >= 15 is 0 Å². The van der Waals surface area contributed by atoms with Crippen LogP contribution in [-0.4, -0.2) is 4.98 Å². The van der Waals surface area contributed by atoms with Crippen LogP contribution in [0.5, 0.6) is 0 Å². The zero-order valence-corrected chi connectivity index (χ0v) is 11.6. The van der Waals surface area contributed by atoms with E-state index in [0.29, 0.717) is 0 Å². The number of thiazole rings is 1. The van der Waals surface area contributed by atoms with Crippen LogP contribution in [0.4, 0.5) is 10.8 Å². The minimum atomic E-state index is 0.871. The Kier molecular flexibility index (Phi) is 3.40. The van der Waals surface area contributed by atoms with E-state index in [1.165, 1.54) is 3.57 Å². The van der Waals surface area contributed by atoms with E-state index in [1.54, 1.807) is 11.3 Å². The Morgan fingerprint density at radius 3 is 2.93 bits per heavy atom. The van der Waals surface area contributed by atoms with Crippen LogP contribution in [0, 0.1) is 3.57 Å². The number of nitrogens with zero attached hydrogens (tertiary/aromatic N) is 1. The van der Waals surface area contributed by atoms with Crippen molar-refractivity contribution in [2.45, 2.75) is 0 Å². The van der Waals surface area contributed by atoms with Crippen LogP contribution in [0.3, 0.4) is 0 Å². The van der Waals surface area contributed by atoms with Crippen LogP contribution in [-0.2, 0) is 0 Å². The zero-order valence-electron chi connectivity index (χ0n) is 7.00. The Bertz CT molecular complexity index is 444. The first kappa shape index (κ1) is 10.4. The molecule has 2 aromatic rings. The average Bonchev–Trinajstić information content (AvgIpc) is 2.51. The van der Waals surface area contributed by atoms with Gasteiger partial charge in [0.2, 0.25) is 0 Å². The first-order valence-corrected chi connectivity index (χ1v) is 6.63. The van der Waals surface area contributed by atoms with Gasteiger partial charge in [0.25, 0.3) is 0 Å². The van der Waals surface area contributed by atoms with Gasteiger partial charge in [-0.25, -0.2) is 4.98 Å². The maximum Gasteiger partial charge on any atom is 0.188 e. The molecule has 0 unspecified atom stereocenters. The fourth-order valence-electron chi connectivity index (χ4n) is 1.00. The number of nitrogens with one attached hydrogen (secondary N) is 1. The largest absolute Gasteiger partial charge is 0.331 e. The number of halogens is 2. The van der Waals surface area contributed by atoms with E-state index in [9.17, 15) is 0 Å². The molecule has 1 heterocycles. The summed E-state index contributed by atoms with van der Waals surface area (Å²) in [4.78, 5) is 4.26. The molecule has 14 heavy (non-hydrogen) atoms. The van der Waals surface area contributed by atoms with Gasteiger partial charge in [-0.1, -0.05) is 6.07 Å². The van der Waals surface area contributed by atoms with Crippen molar-refractivity contribution < 1.29 is 0 Å². The van der Waals surface area contributed by atoms with Gasteiger partial charge in [0, 0.05) is 14.6 Å². The van der Waals surface area contributed by atoms with E-state index in [0.717, 1.165) is 15.4 Å². The monoisotopic (exact) mass is 380 g/mol. The van der Waals surface area contributed by atoms with Gasteiger partial charge < -0.3 is 5.32 Å². The van der Waals surface area contributed by atoms with E-state index in [4.69, 9.17) is 0 Å². The molecular weight excluding hydrogens is 375 g/mol. The van der Waals surface area contributed by atoms with Gasteiger partial charge in [-0.3, -0.25) is 0 Å². The fraction of sp³-hybridized carbons (Fsp3) is 0. The minimum absolute atomic E-state index is 0.871. The Balaban J connectivity index is 2.18. The van der Waals surface area contributed by atoms with Crippen molar-refractivity contribution in [3.05, 3.63) is 37.8 Å². The molecule has 0 saturated carbocycles. The normalized spacial score (nSPS) is 10.1. The molecule has 2 rings (SSSR count). The molecule has 0 aliphatic rings. The predicted octanol–water partition coefficient (Wildman–Crippen LogP) is 4.25. The van der Waals surface area contributed by atoms with Crippen LogP contribution in [0.15, 0.2) is 34.2 Å². The molecule has 0 spiro atoms. The van der Waals surface area contributed by atoms with Crippen LogP contribution in [0.1, 0.15) is 0 Å².